The molecular weight excluding hydrogens is 262 g/mol. The van der Waals surface area contributed by atoms with E-state index in [2.05, 4.69) is 0 Å². The van der Waals surface area contributed by atoms with E-state index in [-0.39, 0.29) is 5.43 Å². The molecule has 0 amide bonds. The van der Waals surface area contributed by atoms with Crippen LogP contribution in [0.15, 0.2) is 57.7 Å². The van der Waals surface area contributed by atoms with E-state index < -0.39 is 0 Å². The fraction of sp³-hybridized carbons (Fsp3) is 0. The first kappa shape index (κ1) is 11.8. The average molecular weight is 272 g/mol. The smallest absolute Gasteiger partial charge is 0.193 e. The van der Waals surface area contributed by atoms with Crippen molar-refractivity contribution in [1.82, 2.24) is 0 Å². The van der Waals surface area contributed by atoms with Crippen LogP contribution in [0.2, 0.25) is 5.02 Å². The highest BCUT2D eigenvalue weighted by Gasteiger charge is 2.07. The monoisotopic (exact) mass is 271 g/mol. The van der Waals surface area contributed by atoms with Crippen molar-refractivity contribution in [2.24, 2.45) is 0 Å². The Bertz CT molecular complexity index is 806. The van der Waals surface area contributed by atoms with E-state index in [0.29, 0.717) is 27.4 Å². The van der Waals surface area contributed by atoms with Crippen LogP contribution in [0.4, 0.5) is 5.69 Å². The van der Waals surface area contributed by atoms with Crippen LogP contribution in [0.1, 0.15) is 0 Å². The first-order chi connectivity index (χ1) is 9.13. The predicted octanol–water partition coefficient (Wildman–Crippen LogP) is 3.70. The van der Waals surface area contributed by atoms with E-state index in [4.69, 9.17) is 21.8 Å². The van der Waals surface area contributed by atoms with Crippen molar-refractivity contribution in [3.8, 4) is 11.3 Å². The zero-order valence-corrected chi connectivity index (χ0v) is 10.6. The minimum atomic E-state index is -0.112. The summed E-state index contributed by atoms with van der Waals surface area (Å²) >= 11 is 5.84. The zero-order chi connectivity index (χ0) is 13.4. The lowest BCUT2D eigenvalue weighted by Gasteiger charge is -2.04. The van der Waals surface area contributed by atoms with Crippen LogP contribution in [0.3, 0.4) is 0 Å². The van der Waals surface area contributed by atoms with Gasteiger partial charge in [-0.2, -0.15) is 0 Å². The van der Waals surface area contributed by atoms with Gasteiger partial charge in [0.2, 0.25) is 0 Å². The molecule has 0 aliphatic rings. The van der Waals surface area contributed by atoms with E-state index in [1.807, 2.05) is 12.1 Å². The van der Waals surface area contributed by atoms with E-state index in [1.54, 1.807) is 30.3 Å². The highest BCUT2D eigenvalue weighted by atomic mass is 35.5. The van der Waals surface area contributed by atoms with Crippen LogP contribution in [-0.2, 0) is 0 Å². The fourth-order valence-electron chi connectivity index (χ4n) is 1.93. The summed E-state index contributed by atoms with van der Waals surface area (Å²) in [6, 6.07) is 13.6. The number of fused-ring (bicyclic) bond motifs is 1. The molecule has 0 radical (unpaired) electrons. The molecule has 0 spiro atoms. The summed E-state index contributed by atoms with van der Waals surface area (Å²) in [6.07, 6.45) is 0. The molecule has 3 aromatic rings. The fourth-order valence-corrected chi connectivity index (χ4v) is 2.06. The van der Waals surface area contributed by atoms with Crippen molar-refractivity contribution >= 4 is 28.3 Å². The van der Waals surface area contributed by atoms with E-state index in [9.17, 15) is 4.79 Å². The second kappa shape index (κ2) is 4.44. The minimum Gasteiger partial charge on any atom is -0.456 e. The summed E-state index contributed by atoms with van der Waals surface area (Å²) in [4.78, 5) is 12.1. The highest BCUT2D eigenvalue weighted by Crippen LogP contribution is 2.24. The first-order valence-corrected chi connectivity index (χ1v) is 6.10. The van der Waals surface area contributed by atoms with Crippen molar-refractivity contribution in [2.75, 3.05) is 5.73 Å². The summed E-state index contributed by atoms with van der Waals surface area (Å²) < 4.78 is 5.72. The van der Waals surface area contributed by atoms with Crippen molar-refractivity contribution < 1.29 is 4.42 Å². The highest BCUT2D eigenvalue weighted by molar-refractivity contribution is 6.30. The Labute approximate surface area is 114 Å². The number of nitrogen functional groups attached to an aromatic ring is 1. The van der Waals surface area contributed by atoms with Crippen molar-refractivity contribution in [1.29, 1.82) is 0 Å². The van der Waals surface area contributed by atoms with Crippen LogP contribution in [0.5, 0.6) is 0 Å². The van der Waals surface area contributed by atoms with Gasteiger partial charge in [0, 0.05) is 22.3 Å². The Morgan fingerprint density at radius 3 is 2.47 bits per heavy atom. The lowest BCUT2D eigenvalue weighted by atomic mass is 10.1. The molecule has 1 heterocycles. The van der Waals surface area contributed by atoms with Crippen molar-refractivity contribution in [3.63, 3.8) is 0 Å². The Balaban J connectivity index is 2.24. The molecule has 0 fully saturated rings. The zero-order valence-electron chi connectivity index (χ0n) is 9.89. The van der Waals surface area contributed by atoms with E-state index >= 15 is 0 Å². The van der Waals surface area contributed by atoms with Gasteiger partial charge in [-0.15, -0.1) is 0 Å². The number of hydrogen-bond donors (Lipinski definition) is 1. The maximum Gasteiger partial charge on any atom is 0.193 e. The number of hydrogen-bond acceptors (Lipinski definition) is 3. The number of halogens is 1. The summed E-state index contributed by atoms with van der Waals surface area (Å²) in [6.45, 7) is 0. The molecule has 3 nitrogen and oxygen atoms in total. The Hall–Kier alpha value is -2.26. The van der Waals surface area contributed by atoms with Crippen molar-refractivity contribution in [3.05, 3.63) is 63.8 Å². The number of anilines is 1. The van der Waals surface area contributed by atoms with Crippen LogP contribution in [0.25, 0.3) is 22.3 Å². The Morgan fingerprint density at radius 2 is 1.74 bits per heavy atom. The molecule has 3 rings (SSSR count). The van der Waals surface area contributed by atoms with Gasteiger partial charge in [0.15, 0.2) is 5.43 Å². The molecule has 19 heavy (non-hydrogen) atoms. The molecule has 0 bridgehead atoms. The molecule has 2 aromatic carbocycles. The maximum absolute atomic E-state index is 12.1. The maximum atomic E-state index is 12.1. The standard InChI is InChI=1S/C15H10ClNO2/c16-10-3-1-9(2-4-10)15-8-13(18)12-7-11(17)5-6-14(12)19-15/h1-8H,17H2. The van der Waals surface area contributed by atoms with Crippen LogP contribution >= 0.6 is 11.6 Å². The summed E-state index contributed by atoms with van der Waals surface area (Å²) in [5, 5.41) is 1.12. The summed E-state index contributed by atoms with van der Waals surface area (Å²) in [5.74, 6) is 0.513. The Kier molecular flexibility index (Phi) is 2.76. The quantitative estimate of drug-likeness (QED) is 0.687. The molecule has 94 valence electrons. The van der Waals surface area contributed by atoms with Gasteiger partial charge in [-0.3, -0.25) is 4.79 Å². The molecule has 1 aromatic heterocycles. The molecule has 0 saturated carbocycles. The SMILES string of the molecule is Nc1ccc2oc(-c3ccc(Cl)cc3)cc(=O)c2c1. The molecular formula is C15H10ClNO2. The third-order valence-corrected chi connectivity index (χ3v) is 3.13. The molecule has 0 unspecified atom stereocenters. The second-order valence-electron chi connectivity index (χ2n) is 4.24. The molecule has 2 N–H and O–H groups in total. The summed E-state index contributed by atoms with van der Waals surface area (Å²) in [7, 11) is 0. The largest absolute Gasteiger partial charge is 0.456 e. The topological polar surface area (TPSA) is 56.2 Å². The molecule has 4 heteroatoms. The minimum absolute atomic E-state index is 0.112. The van der Waals surface area contributed by atoms with Gasteiger partial charge < -0.3 is 10.2 Å². The van der Waals surface area contributed by atoms with Crippen LogP contribution < -0.4 is 11.2 Å². The normalized spacial score (nSPS) is 10.8. The van der Waals surface area contributed by atoms with Gasteiger partial charge in [0.25, 0.3) is 0 Å². The molecule has 0 atom stereocenters. The molecule has 0 saturated heterocycles. The van der Waals surface area contributed by atoms with E-state index in [0.717, 1.165) is 5.56 Å². The number of benzene rings is 2. The molecule has 0 aliphatic heterocycles. The summed E-state index contributed by atoms with van der Waals surface area (Å²) in [5.41, 5.74) is 7.42. The average Bonchev–Trinajstić information content (AvgIpc) is 2.40. The van der Waals surface area contributed by atoms with Crippen LogP contribution in [0, 0.1) is 0 Å². The third-order valence-electron chi connectivity index (χ3n) is 2.88. The van der Waals surface area contributed by atoms with Gasteiger partial charge >= 0.3 is 0 Å². The lowest BCUT2D eigenvalue weighted by molar-refractivity contribution is 0.619. The van der Waals surface area contributed by atoms with Gasteiger partial charge in [-0.25, -0.2) is 0 Å². The predicted molar refractivity (Wildman–Crippen MR) is 77.3 cm³/mol. The van der Waals surface area contributed by atoms with Crippen LogP contribution in [-0.4, -0.2) is 0 Å². The van der Waals surface area contributed by atoms with Gasteiger partial charge in [0.1, 0.15) is 11.3 Å². The van der Waals surface area contributed by atoms with Gasteiger partial charge in [-0.1, -0.05) is 11.6 Å². The van der Waals surface area contributed by atoms with Gasteiger partial charge in [-0.05, 0) is 42.5 Å². The number of nitrogens with two attached hydrogens (primary N) is 1. The van der Waals surface area contributed by atoms with E-state index in [1.165, 1.54) is 6.07 Å². The third kappa shape index (κ3) is 2.20. The number of rotatable bonds is 1. The van der Waals surface area contributed by atoms with Gasteiger partial charge in [0.05, 0.1) is 5.39 Å². The second-order valence-corrected chi connectivity index (χ2v) is 4.67. The molecule has 0 aliphatic carbocycles. The lowest BCUT2D eigenvalue weighted by Crippen LogP contribution is -2.01. The van der Waals surface area contributed by atoms with Crippen molar-refractivity contribution in [2.45, 2.75) is 0 Å². The Morgan fingerprint density at radius 1 is 1.00 bits per heavy atom. The first-order valence-electron chi connectivity index (χ1n) is 5.73.